The van der Waals surface area contributed by atoms with Gasteiger partial charge in [-0.15, -0.1) is 10.3 Å². The van der Waals surface area contributed by atoms with Crippen LogP contribution in [0.3, 0.4) is 0 Å². The summed E-state index contributed by atoms with van der Waals surface area (Å²) in [6.45, 7) is 0. The van der Waals surface area contributed by atoms with E-state index >= 15 is 0 Å². The molecule has 0 aromatic heterocycles. The van der Waals surface area contributed by atoms with Crippen molar-refractivity contribution in [2.45, 2.75) is 25.7 Å². The summed E-state index contributed by atoms with van der Waals surface area (Å²) in [4.78, 5) is 0. The van der Waals surface area contributed by atoms with E-state index < -0.39 is 16.6 Å². The van der Waals surface area contributed by atoms with Gasteiger partial charge < -0.3 is 9.05 Å². The van der Waals surface area contributed by atoms with Crippen LogP contribution >= 0.6 is 0 Å². The van der Waals surface area contributed by atoms with Gasteiger partial charge in [-0.2, -0.15) is 0 Å². The van der Waals surface area contributed by atoms with Crippen LogP contribution in [0.4, 0.5) is 0 Å². The summed E-state index contributed by atoms with van der Waals surface area (Å²) in [5, 5.41) is 17.0. The zero-order valence-corrected chi connectivity index (χ0v) is 28.9. The third-order valence-electron chi connectivity index (χ3n) is 9.04. The lowest BCUT2D eigenvalue weighted by atomic mass is 9.97. The average molecular weight is 659 g/mol. The van der Waals surface area contributed by atoms with Crippen LogP contribution in [-0.2, 0) is 9.05 Å². The van der Waals surface area contributed by atoms with Crippen molar-refractivity contribution < 1.29 is 9.05 Å². The minimum absolute atomic E-state index is 0.617. The second-order valence-electron chi connectivity index (χ2n) is 12.1. The molecule has 7 rings (SSSR count). The standard InChI is InChI=1S/C42H38N2O2Si2/c1-7-22-37(23-8-1)47(38-24-9-2-10-25-38,39-26-11-3-12-27-39)45-43-35-20-19-21-36(34-35)44-46-48(40-28-13-4-14-29-40,41-30-15-5-16-31-41)42-32-17-6-18-33-42/h1-18,22-33H,19-21,34H2. The quantitative estimate of drug-likeness (QED) is 0.109. The molecule has 0 aliphatic heterocycles. The molecule has 0 spiro atoms. The highest BCUT2D eigenvalue weighted by atomic mass is 28.4. The van der Waals surface area contributed by atoms with Crippen LogP contribution in [0.25, 0.3) is 0 Å². The molecule has 0 radical (unpaired) electrons. The fourth-order valence-corrected chi connectivity index (χ4v) is 13.8. The van der Waals surface area contributed by atoms with Crippen molar-refractivity contribution in [1.82, 2.24) is 0 Å². The van der Waals surface area contributed by atoms with Crippen LogP contribution < -0.4 is 31.1 Å². The molecule has 1 aliphatic carbocycles. The highest BCUT2D eigenvalue weighted by Gasteiger charge is 2.46. The van der Waals surface area contributed by atoms with Crippen LogP contribution in [0.2, 0.25) is 0 Å². The minimum atomic E-state index is -2.96. The summed E-state index contributed by atoms with van der Waals surface area (Å²) in [5.41, 5.74) is 1.99. The van der Waals surface area contributed by atoms with E-state index in [1.165, 1.54) is 0 Å². The first-order valence-electron chi connectivity index (χ1n) is 16.6. The lowest BCUT2D eigenvalue weighted by Crippen LogP contribution is -2.68. The molecule has 1 aliphatic rings. The third-order valence-corrected chi connectivity index (χ3v) is 16.7. The van der Waals surface area contributed by atoms with Gasteiger partial charge in [-0.25, -0.2) is 0 Å². The summed E-state index contributed by atoms with van der Waals surface area (Å²) in [5.74, 6) is 0. The molecule has 0 amide bonds. The molecule has 6 heteroatoms. The van der Waals surface area contributed by atoms with E-state index in [1.54, 1.807) is 0 Å². The summed E-state index contributed by atoms with van der Waals surface area (Å²) < 4.78 is 13.9. The molecule has 6 aromatic carbocycles. The van der Waals surface area contributed by atoms with Crippen molar-refractivity contribution in [2.75, 3.05) is 0 Å². The summed E-state index contributed by atoms with van der Waals surface area (Å²) >= 11 is 0. The highest BCUT2D eigenvalue weighted by Crippen LogP contribution is 2.19. The van der Waals surface area contributed by atoms with Crippen molar-refractivity contribution in [1.29, 1.82) is 0 Å². The number of rotatable bonds is 10. The van der Waals surface area contributed by atoms with Crippen molar-refractivity contribution in [3.8, 4) is 0 Å². The molecule has 0 heterocycles. The first-order chi connectivity index (χ1) is 23.8. The number of nitrogens with zero attached hydrogens (tertiary/aromatic N) is 2. The van der Waals surface area contributed by atoms with E-state index in [0.29, 0.717) is 6.42 Å². The Bertz CT molecular complexity index is 1620. The van der Waals surface area contributed by atoms with Gasteiger partial charge in [0.15, 0.2) is 0 Å². The summed E-state index contributed by atoms with van der Waals surface area (Å²) in [6.07, 6.45) is 3.28. The molecule has 0 unspecified atom stereocenters. The maximum atomic E-state index is 6.97. The van der Waals surface area contributed by atoms with Crippen molar-refractivity contribution in [3.05, 3.63) is 182 Å². The molecule has 4 nitrogen and oxygen atoms in total. The Kier molecular flexibility index (Phi) is 9.54. The zero-order valence-electron chi connectivity index (χ0n) is 26.9. The molecule has 0 atom stereocenters. The molecule has 0 saturated heterocycles. The van der Waals surface area contributed by atoms with Gasteiger partial charge >= 0.3 is 16.6 Å². The molecule has 0 N–H and O–H groups in total. The molecule has 48 heavy (non-hydrogen) atoms. The van der Waals surface area contributed by atoms with Crippen LogP contribution in [0.5, 0.6) is 0 Å². The Hall–Kier alpha value is -5.31. The van der Waals surface area contributed by atoms with Gasteiger partial charge in [-0.3, -0.25) is 0 Å². The Balaban J connectivity index is 1.26. The van der Waals surface area contributed by atoms with Gasteiger partial charge in [0.1, 0.15) is 0 Å². The topological polar surface area (TPSA) is 43.2 Å². The second kappa shape index (κ2) is 14.6. The Morgan fingerprint density at radius 1 is 0.333 bits per heavy atom. The van der Waals surface area contributed by atoms with Gasteiger partial charge in [0.2, 0.25) is 0 Å². The maximum Gasteiger partial charge on any atom is 0.380 e. The molecule has 1 saturated carbocycles. The van der Waals surface area contributed by atoms with E-state index in [-0.39, 0.29) is 0 Å². The van der Waals surface area contributed by atoms with Gasteiger partial charge in [-0.1, -0.05) is 182 Å². The molecule has 1 fully saturated rings. The van der Waals surface area contributed by atoms with Crippen LogP contribution in [0.1, 0.15) is 25.7 Å². The summed E-state index contributed by atoms with van der Waals surface area (Å²) in [6, 6.07) is 63.5. The SMILES string of the molecule is c1ccc([Si](ON=C2CCCC(=NO[Si](c3ccccc3)(c3ccccc3)c3ccccc3)C2)(c2ccccc2)c2ccccc2)cc1. The molecule has 6 aromatic rings. The zero-order chi connectivity index (χ0) is 32.5. The first kappa shape index (κ1) is 31.3. The van der Waals surface area contributed by atoms with E-state index in [4.69, 9.17) is 19.4 Å². The molecular formula is C42H38N2O2Si2. The Morgan fingerprint density at radius 3 is 0.792 bits per heavy atom. The smallest absolute Gasteiger partial charge is 0.380 e. The number of benzene rings is 6. The first-order valence-corrected chi connectivity index (χ1v) is 20.4. The number of hydrogen-bond donors (Lipinski definition) is 0. The largest absolute Gasteiger partial charge is 0.438 e. The van der Waals surface area contributed by atoms with Crippen LogP contribution in [0, 0.1) is 0 Å². The molecule has 0 bridgehead atoms. The van der Waals surface area contributed by atoms with Crippen LogP contribution in [0.15, 0.2) is 192 Å². The molecule has 236 valence electrons. The fraction of sp³-hybridized carbons (Fsp3) is 0.0952. The minimum Gasteiger partial charge on any atom is -0.438 e. The lowest BCUT2D eigenvalue weighted by Gasteiger charge is -2.31. The summed E-state index contributed by atoms with van der Waals surface area (Å²) in [7, 11) is -5.92. The van der Waals surface area contributed by atoms with Gasteiger partial charge in [0.05, 0.1) is 11.4 Å². The van der Waals surface area contributed by atoms with Gasteiger partial charge in [0, 0.05) is 6.42 Å². The van der Waals surface area contributed by atoms with E-state index in [0.717, 1.165) is 61.8 Å². The lowest BCUT2D eigenvalue weighted by molar-refractivity contribution is 0.341. The average Bonchev–Trinajstić information content (AvgIpc) is 3.18. The second-order valence-corrected chi connectivity index (χ2v) is 18.6. The predicted octanol–water partition coefficient (Wildman–Crippen LogP) is 5.64. The fourth-order valence-electron chi connectivity index (χ4n) is 6.68. The third kappa shape index (κ3) is 6.32. The number of hydrogen-bond acceptors (Lipinski definition) is 4. The monoisotopic (exact) mass is 658 g/mol. The number of oxime groups is 2. The van der Waals surface area contributed by atoms with Crippen LogP contribution in [-0.4, -0.2) is 28.1 Å². The highest BCUT2D eigenvalue weighted by molar-refractivity contribution is 7.07. The van der Waals surface area contributed by atoms with Gasteiger partial charge in [0.25, 0.3) is 0 Å². The van der Waals surface area contributed by atoms with E-state index in [1.807, 2.05) is 0 Å². The van der Waals surface area contributed by atoms with E-state index in [9.17, 15) is 0 Å². The Morgan fingerprint density at radius 2 is 0.562 bits per heavy atom. The van der Waals surface area contributed by atoms with E-state index in [2.05, 4.69) is 182 Å². The normalized spacial score (nSPS) is 15.2. The molecular weight excluding hydrogens is 621 g/mol. The predicted molar refractivity (Wildman–Crippen MR) is 203 cm³/mol. The van der Waals surface area contributed by atoms with Crippen molar-refractivity contribution in [2.24, 2.45) is 10.3 Å². The van der Waals surface area contributed by atoms with Crippen molar-refractivity contribution in [3.63, 3.8) is 0 Å². The van der Waals surface area contributed by atoms with Crippen molar-refractivity contribution >= 4 is 59.2 Å². The maximum absolute atomic E-state index is 6.97. The Labute approximate surface area is 285 Å². The van der Waals surface area contributed by atoms with Gasteiger partial charge in [-0.05, 0) is 50.4 Å².